The summed E-state index contributed by atoms with van der Waals surface area (Å²) in [5.74, 6) is 0.0836. The van der Waals surface area contributed by atoms with Crippen molar-refractivity contribution in [2.75, 3.05) is 4.90 Å². The Morgan fingerprint density at radius 3 is 2.54 bits per heavy atom. The van der Waals surface area contributed by atoms with Crippen molar-refractivity contribution in [2.45, 2.75) is 38.8 Å². The van der Waals surface area contributed by atoms with Crippen LogP contribution < -0.4 is 4.90 Å². The van der Waals surface area contributed by atoms with E-state index in [1.807, 2.05) is 54.6 Å². The van der Waals surface area contributed by atoms with Crippen LogP contribution in [0.1, 0.15) is 30.9 Å². The molecule has 0 aliphatic carbocycles. The van der Waals surface area contributed by atoms with Crippen LogP contribution in [-0.2, 0) is 22.6 Å². The number of aryl methyl sites for hydroxylation is 1. The average Bonchev–Trinajstić information content (AvgIpc) is 2.60. The van der Waals surface area contributed by atoms with Gasteiger partial charge in [0.05, 0.1) is 5.69 Å². The number of para-hydroxylation sites is 1. The van der Waals surface area contributed by atoms with Crippen LogP contribution in [0, 0.1) is 0 Å². The first-order chi connectivity index (χ1) is 11.6. The summed E-state index contributed by atoms with van der Waals surface area (Å²) in [6, 6.07) is 17.3. The van der Waals surface area contributed by atoms with Crippen LogP contribution in [0.2, 0.25) is 0 Å². The number of carbonyl (C=O) groups excluding carboxylic acids is 2. The monoisotopic (exact) mass is 323 g/mol. The fraction of sp³-hybridized carbons (Fsp3) is 0.300. The largest absolute Gasteiger partial charge is 0.444 e. The van der Waals surface area contributed by atoms with E-state index in [0.29, 0.717) is 6.42 Å². The molecule has 0 aromatic heterocycles. The predicted molar refractivity (Wildman–Crippen MR) is 93.0 cm³/mol. The zero-order chi connectivity index (χ0) is 16.9. The standard InChI is InChI=1S/C20H21NO3/c1-15(22)13-18-12-11-17-9-5-6-10-19(17)21(18)20(23)24-14-16-7-3-2-4-8-16/h2-10,18H,11-14H2,1H3/t18-/m1/s1. The highest BCUT2D eigenvalue weighted by Crippen LogP contribution is 2.32. The van der Waals surface area contributed by atoms with Crippen molar-refractivity contribution in [1.29, 1.82) is 0 Å². The summed E-state index contributed by atoms with van der Waals surface area (Å²) < 4.78 is 5.51. The molecular formula is C20H21NO3. The second-order valence-electron chi connectivity index (χ2n) is 6.14. The maximum Gasteiger partial charge on any atom is 0.414 e. The topological polar surface area (TPSA) is 46.6 Å². The smallest absolute Gasteiger partial charge is 0.414 e. The van der Waals surface area contributed by atoms with Gasteiger partial charge in [0.2, 0.25) is 0 Å². The third-order valence-corrected chi connectivity index (χ3v) is 4.29. The number of ether oxygens (including phenoxy) is 1. The fourth-order valence-corrected chi connectivity index (χ4v) is 3.17. The highest BCUT2D eigenvalue weighted by Gasteiger charge is 2.32. The molecule has 0 N–H and O–H groups in total. The molecule has 1 amide bonds. The lowest BCUT2D eigenvalue weighted by Gasteiger charge is -2.36. The number of benzene rings is 2. The van der Waals surface area contributed by atoms with E-state index in [-0.39, 0.29) is 18.4 Å². The minimum atomic E-state index is -0.391. The van der Waals surface area contributed by atoms with Crippen LogP contribution in [0.15, 0.2) is 54.6 Å². The van der Waals surface area contributed by atoms with Gasteiger partial charge in [0.1, 0.15) is 12.4 Å². The highest BCUT2D eigenvalue weighted by molar-refractivity contribution is 5.91. The fourth-order valence-electron chi connectivity index (χ4n) is 3.17. The Morgan fingerprint density at radius 2 is 1.79 bits per heavy atom. The minimum Gasteiger partial charge on any atom is -0.444 e. The highest BCUT2D eigenvalue weighted by atomic mass is 16.6. The van der Waals surface area contributed by atoms with Crippen molar-refractivity contribution in [3.05, 3.63) is 65.7 Å². The van der Waals surface area contributed by atoms with Crippen LogP contribution >= 0.6 is 0 Å². The molecule has 0 fully saturated rings. The van der Waals surface area contributed by atoms with Crippen LogP contribution in [0.25, 0.3) is 0 Å². The third-order valence-electron chi connectivity index (χ3n) is 4.29. The molecule has 0 bridgehead atoms. The van der Waals surface area contributed by atoms with Gasteiger partial charge in [0, 0.05) is 12.5 Å². The Balaban J connectivity index is 1.80. The van der Waals surface area contributed by atoms with Crippen molar-refractivity contribution in [1.82, 2.24) is 0 Å². The Labute approximate surface area is 142 Å². The Hall–Kier alpha value is -2.62. The zero-order valence-corrected chi connectivity index (χ0v) is 13.8. The Kier molecular flexibility index (Phi) is 4.94. The van der Waals surface area contributed by atoms with Gasteiger partial charge in [-0.1, -0.05) is 48.5 Å². The number of carbonyl (C=O) groups is 2. The van der Waals surface area contributed by atoms with Gasteiger partial charge in [0.15, 0.2) is 0 Å². The first-order valence-electron chi connectivity index (χ1n) is 8.22. The van der Waals surface area contributed by atoms with Gasteiger partial charge in [-0.15, -0.1) is 0 Å². The van der Waals surface area contributed by atoms with Crippen molar-refractivity contribution >= 4 is 17.6 Å². The summed E-state index contributed by atoms with van der Waals surface area (Å²) in [5.41, 5.74) is 2.92. The molecule has 4 heteroatoms. The molecule has 1 atom stereocenters. The summed E-state index contributed by atoms with van der Waals surface area (Å²) in [6.45, 7) is 1.79. The molecule has 124 valence electrons. The molecule has 0 spiro atoms. The Morgan fingerprint density at radius 1 is 1.08 bits per heavy atom. The maximum absolute atomic E-state index is 12.7. The minimum absolute atomic E-state index is 0.0836. The van der Waals surface area contributed by atoms with Crippen molar-refractivity contribution < 1.29 is 14.3 Å². The number of ketones is 1. The summed E-state index contributed by atoms with van der Waals surface area (Å²) >= 11 is 0. The van der Waals surface area contributed by atoms with Crippen molar-refractivity contribution in [3.8, 4) is 0 Å². The maximum atomic E-state index is 12.7. The van der Waals surface area contributed by atoms with Crippen LogP contribution in [0.3, 0.4) is 0 Å². The van der Waals surface area contributed by atoms with E-state index in [4.69, 9.17) is 4.74 Å². The third kappa shape index (κ3) is 3.65. The van der Waals surface area contributed by atoms with Crippen LogP contribution in [0.5, 0.6) is 0 Å². The summed E-state index contributed by atoms with van der Waals surface area (Å²) in [7, 11) is 0. The number of anilines is 1. The van der Waals surface area contributed by atoms with Gasteiger partial charge in [-0.05, 0) is 37.0 Å². The molecule has 1 aliphatic rings. The second kappa shape index (κ2) is 7.30. The molecule has 3 rings (SSSR count). The molecule has 2 aromatic carbocycles. The lowest BCUT2D eigenvalue weighted by molar-refractivity contribution is -0.117. The summed E-state index contributed by atoms with van der Waals surface area (Å²) in [6.07, 6.45) is 1.61. The van der Waals surface area contributed by atoms with Crippen molar-refractivity contribution in [3.63, 3.8) is 0 Å². The van der Waals surface area contributed by atoms with Crippen LogP contribution in [-0.4, -0.2) is 17.9 Å². The molecule has 0 unspecified atom stereocenters. The van der Waals surface area contributed by atoms with Crippen molar-refractivity contribution in [2.24, 2.45) is 0 Å². The zero-order valence-electron chi connectivity index (χ0n) is 13.8. The molecule has 1 aliphatic heterocycles. The Bertz CT molecular complexity index is 727. The quantitative estimate of drug-likeness (QED) is 0.850. The lowest BCUT2D eigenvalue weighted by Crippen LogP contribution is -2.45. The number of hydrogen-bond acceptors (Lipinski definition) is 3. The molecule has 24 heavy (non-hydrogen) atoms. The van der Waals surface area contributed by atoms with E-state index < -0.39 is 6.09 Å². The molecular weight excluding hydrogens is 302 g/mol. The number of fused-ring (bicyclic) bond motifs is 1. The van der Waals surface area contributed by atoms with E-state index in [0.717, 1.165) is 29.7 Å². The summed E-state index contributed by atoms with van der Waals surface area (Å²) in [4.78, 5) is 26.0. The summed E-state index contributed by atoms with van der Waals surface area (Å²) in [5, 5.41) is 0. The molecule has 0 saturated carbocycles. The van der Waals surface area contributed by atoms with Gasteiger partial charge in [-0.25, -0.2) is 4.79 Å². The van der Waals surface area contributed by atoms with Gasteiger partial charge in [-0.3, -0.25) is 9.69 Å². The first-order valence-corrected chi connectivity index (χ1v) is 8.22. The number of rotatable bonds is 4. The van der Waals surface area contributed by atoms with E-state index in [2.05, 4.69) is 0 Å². The van der Waals surface area contributed by atoms with E-state index in [9.17, 15) is 9.59 Å². The van der Waals surface area contributed by atoms with E-state index in [1.54, 1.807) is 11.8 Å². The molecule has 4 nitrogen and oxygen atoms in total. The number of amides is 1. The average molecular weight is 323 g/mol. The normalized spacial score (nSPS) is 16.4. The van der Waals surface area contributed by atoms with Crippen LogP contribution in [0.4, 0.5) is 10.5 Å². The van der Waals surface area contributed by atoms with E-state index >= 15 is 0 Å². The number of Topliss-reactive ketones (excluding diaryl/α,β-unsaturated/α-hetero) is 1. The lowest BCUT2D eigenvalue weighted by atomic mass is 9.93. The molecule has 0 saturated heterocycles. The molecule has 0 radical (unpaired) electrons. The van der Waals surface area contributed by atoms with Gasteiger partial charge in [0.25, 0.3) is 0 Å². The SMILES string of the molecule is CC(=O)C[C@H]1CCc2ccccc2N1C(=O)OCc1ccccc1. The molecule has 2 aromatic rings. The van der Waals surface area contributed by atoms with Gasteiger partial charge in [-0.2, -0.15) is 0 Å². The molecule has 1 heterocycles. The van der Waals surface area contributed by atoms with E-state index in [1.165, 1.54) is 0 Å². The number of hydrogen-bond donors (Lipinski definition) is 0. The number of nitrogens with zero attached hydrogens (tertiary/aromatic N) is 1. The van der Waals surface area contributed by atoms with Gasteiger partial charge >= 0.3 is 6.09 Å². The first kappa shape index (κ1) is 16.2. The predicted octanol–water partition coefficient (Wildman–Crippen LogP) is 4.12. The van der Waals surface area contributed by atoms with Gasteiger partial charge < -0.3 is 4.74 Å². The second-order valence-corrected chi connectivity index (χ2v) is 6.14.